The number of rotatable bonds is 3. The van der Waals surface area contributed by atoms with Crippen LogP contribution < -0.4 is 4.74 Å². The van der Waals surface area contributed by atoms with Gasteiger partial charge < -0.3 is 14.9 Å². The van der Waals surface area contributed by atoms with E-state index in [1.165, 1.54) is 7.11 Å². The minimum Gasteiger partial charge on any atom is -0.504 e. The van der Waals surface area contributed by atoms with Crippen molar-refractivity contribution in [3.8, 4) is 11.5 Å². The highest BCUT2D eigenvalue weighted by atomic mass is 16.5. The second-order valence-corrected chi connectivity index (χ2v) is 5.01. The zero-order valence-electron chi connectivity index (χ0n) is 10.1. The van der Waals surface area contributed by atoms with E-state index in [1.807, 2.05) is 13.8 Å². The maximum Gasteiger partial charge on any atom is 0.307 e. The Balaban J connectivity index is 2.40. The molecule has 0 aromatic heterocycles. The average molecular weight is 236 g/mol. The monoisotopic (exact) mass is 236 g/mol. The van der Waals surface area contributed by atoms with Crippen molar-refractivity contribution in [1.82, 2.24) is 0 Å². The Morgan fingerprint density at radius 3 is 2.53 bits per heavy atom. The molecule has 1 aromatic rings. The number of carboxylic acid groups (broad SMARTS) is 1. The number of hydrogen-bond donors (Lipinski definition) is 2. The Morgan fingerprint density at radius 1 is 1.41 bits per heavy atom. The van der Waals surface area contributed by atoms with Crippen LogP contribution in [0.15, 0.2) is 18.2 Å². The second-order valence-electron chi connectivity index (χ2n) is 5.01. The summed E-state index contributed by atoms with van der Waals surface area (Å²) in [7, 11) is 1.48. The lowest BCUT2D eigenvalue weighted by atomic mass is 10.0. The van der Waals surface area contributed by atoms with Crippen molar-refractivity contribution in [2.24, 2.45) is 11.3 Å². The number of hydrogen-bond acceptors (Lipinski definition) is 3. The molecule has 17 heavy (non-hydrogen) atoms. The number of aromatic hydroxyl groups is 1. The van der Waals surface area contributed by atoms with Crippen molar-refractivity contribution in [2.75, 3.05) is 7.11 Å². The molecule has 0 aliphatic heterocycles. The molecule has 0 unspecified atom stereocenters. The van der Waals surface area contributed by atoms with Gasteiger partial charge >= 0.3 is 5.97 Å². The van der Waals surface area contributed by atoms with Crippen LogP contribution in [0.5, 0.6) is 11.5 Å². The molecule has 1 saturated carbocycles. The van der Waals surface area contributed by atoms with Crippen molar-refractivity contribution in [1.29, 1.82) is 0 Å². The van der Waals surface area contributed by atoms with Crippen molar-refractivity contribution in [3.63, 3.8) is 0 Å². The summed E-state index contributed by atoms with van der Waals surface area (Å²) in [5.41, 5.74) is 0.331. The van der Waals surface area contributed by atoms with Crippen LogP contribution in [0.25, 0.3) is 0 Å². The molecule has 0 heterocycles. The molecule has 2 atom stereocenters. The molecular weight excluding hydrogens is 220 g/mol. The molecule has 1 aliphatic carbocycles. The highest BCUT2D eigenvalue weighted by Gasteiger charge is 2.63. The minimum atomic E-state index is -0.817. The van der Waals surface area contributed by atoms with Gasteiger partial charge in [-0.1, -0.05) is 26.0 Å². The van der Waals surface area contributed by atoms with Crippen LogP contribution in [-0.2, 0) is 4.79 Å². The second kappa shape index (κ2) is 3.65. The quantitative estimate of drug-likeness (QED) is 0.844. The first-order valence-electron chi connectivity index (χ1n) is 5.50. The number of aliphatic carboxylic acids is 1. The molecule has 0 amide bonds. The van der Waals surface area contributed by atoms with Gasteiger partial charge in [-0.3, -0.25) is 4.79 Å². The van der Waals surface area contributed by atoms with Gasteiger partial charge in [0.15, 0.2) is 11.5 Å². The Bertz CT molecular complexity index is 464. The molecule has 92 valence electrons. The van der Waals surface area contributed by atoms with Gasteiger partial charge in [0.05, 0.1) is 13.0 Å². The van der Waals surface area contributed by atoms with Crippen molar-refractivity contribution in [2.45, 2.75) is 19.8 Å². The Hall–Kier alpha value is -1.71. The van der Waals surface area contributed by atoms with E-state index in [2.05, 4.69) is 0 Å². The third-order valence-electron chi connectivity index (χ3n) is 3.68. The summed E-state index contributed by atoms with van der Waals surface area (Å²) >= 11 is 0. The van der Waals surface area contributed by atoms with E-state index in [-0.39, 0.29) is 17.1 Å². The lowest BCUT2D eigenvalue weighted by molar-refractivity contribution is -0.139. The molecule has 0 radical (unpaired) electrons. The standard InChI is InChI=1S/C13H16O4/c1-13(2)9(10(13)12(15)16)7-5-4-6-8(17-3)11(7)14/h4-6,9-10,14H,1-3H3,(H,15,16)/t9-,10+/m1/s1. The fourth-order valence-corrected chi connectivity index (χ4v) is 2.63. The smallest absolute Gasteiger partial charge is 0.307 e. The van der Waals surface area contributed by atoms with Crippen LogP contribution >= 0.6 is 0 Å². The third kappa shape index (κ3) is 1.64. The highest BCUT2D eigenvalue weighted by molar-refractivity contribution is 5.78. The summed E-state index contributed by atoms with van der Waals surface area (Å²) in [5, 5.41) is 19.1. The summed E-state index contributed by atoms with van der Waals surface area (Å²) in [6, 6.07) is 5.18. The van der Waals surface area contributed by atoms with Crippen molar-refractivity contribution >= 4 is 5.97 Å². The van der Waals surface area contributed by atoms with Crippen LogP contribution in [0.4, 0.5) is 0 Å². The lowest BCUT2D eigenvalue weighted by Crippen LogP contribution is -2.03. The SMILES string of the molecule is COc1cccc([C@@H]2[C@@H](C(=O)O)C2(C)C)c1O. The predicted octanol–water partition coefficient (Wildman–Crippen LogP) is 2.23. The molecule has 1 fully saturated rings. The van der Waals surface area contributed by atoms with Gasteiger partial charge in [-0.15, -0.1) is 0 Å². The summed E-state index contributed by atoms with van der Waals surface area (Å²) in [6.07, 6.45) is 0. The number of carboxylic acids is 1. The van der Waals surface area contributed by atoms with Gasteiger partial charge in [0.1, 0.15) is 0 Å². The topological polar surface area (TPSA) is 66.8 Å². The van der Waals surface area contributed by atoms with Crippen LogP contribution in [-0.4, -0.2) is 23.3 Å². The molecule has 2 rings (SSSR count). The Morgan fingerprint density at radius 2 is 2.06 bits per heavy atom. The zero-order valence-corrected chi connectivity index (χ0v) is 10.1. The molecule has 4 nitrogen and oxygen atoms in total. The zero-order chi connectivity index (χ0) is 12.8. The van der Waals surface area contributed by atoms with E-state index < -0.39 is 11.9 Å². The van der Waals surface area contributed by atoms with Gasteiger partial charge in [-0.25, -0.2) is 0 Å². The van der Waals surface area contributed by atoms with Crippen LogP contribution in [0.2, 0.25) is 0 Å². The fraction of sp³-hybridized carbons (Fsp3) is 0.462. The number of para-hydroxylation sites is 1. The summed E-state index contributed by atoms with van der Waals surface area (Å²) in [4.78, 5) is 11.1. The van der Waals surface area contributed by atoms with E-state index in [9.17, 15) is 9.90 Å². The number of phenols is 1. The maximum absolute atomic E-state index is 11.1. The average Bonchev–Trinajstić information content (AvgIpc) is 2.82. The van der Waals surface area contributed by atoms with Gasteiger partial charge in [-0.05, 0) is 11.5 Å². The molecule has 0 spiro atoms. The lowest BCUT2D eigenvalue weighted by Gasteiger charge is -2.09. The number of carbonyl (C=O) groups is 1. The predicted molar refractivity (Wildman–Crippen MR) is 62.3 cm³/mol. The molecule has 0 saturated heterocycles. The molecule has 4 heteroatoms. The van der Waals surface area contributed by atoms with Crippen molar-refractivity contribution in [3.05, 3.63) is 23.8 Å². The molecule has 0 bridgehead atoms. The number of phenolic OH excluding ortho intramolecular Hbond substituents is 1. The van der Waals surface area contributed by atoms with E-state index in [4.69, 9.17) is 9.84 Å². The molecule has 1 aliphatic rings. The summed E-state index contributed by atoms with van der Waals surface area (Å²) in [5.74, 6) is -0.982. The molecule has 2 N–H and O–H groups in total. The van der Waals surface area contributed by atoms with Gasteiger partial charge in [0.2, 0.25) is 0 Å². The maximum atomic E-state index is 11.1. The first-order chi connectivity index (χ1) is 7.91. The highest BCUT2D eigenvalue weighted by Crippen LogP contribution is 2.66. The normalized spacial score (nSPS) is 25.4. The van der Waals surface area contributed by atoms with E-state index >= 15 is 0 Å². The van der Waals surface area contributed by atoms with E-state index in [1.54, 1.807) is 18.2 Å². The first kappa shape index (κ1) is 11.8. The van der Waals surface area contributed by atoms with E-state index in [0.717, 1.165) is 0 Å². The van der Waals surface area contributed by atoms with Gasteiger partial charge in [0, 0.05) is 11.5 Å². The largest absolute Gasteiger partial charge is 0.504 e. The fourth-order valence-electron chi connectivity index (χ4n) is 2.63. The number of ether oxygens (including phenoxy) is 1. The Kier molecular flexibility index (Phi) is 2.53. The summed E-state index contributed by atoms with van der Waals surface area (Å²) in [6.45, 7) is 3.80. The first-order valence-corrected chi connectivity index (χ1v) is 5.50. The third-order valence-corrected chi connectivity index (χ3v) is 3.68. The molecular formula is C13H16O4. The van der Waals surface area contributed by atoms with Crippen LogP contribution in [0.3, 0.4) is 0 Å². The molecule has 1 aromatic carbocycles. The minimum absolute atomic E-state index is 0.0526. The number of methoxy groups -OCH3 is 1. The summed E-state index contributed by atoms with van der Waals surface area (Å²) < 4.78 is 5.03. The van der Waals surface area contributed by atoms with Gasteiger partial charge in [-0.2, -0.15) is 0 Å². The van der Waals surface area contributed by atoms with Crippen molar-refractivity contribution < 1.29 is 19.7 Å². The van der Waals surface area contributed by atoms with Crippen LogP contribution in [0, 0.1) is 11.3 Å². The van der Waals surface area contributed by atoms with Gasteiger partial charge in [0.25, 0.3) is 0 Å². The van der Waals surface area contributed by atoms with Crippen LogP contribution in [0.1, 0.15) is 25.3 Å². The Labute approximate surface area is 99.8 Å². The van der Waals surface area contributed by atoms with E-state index in [0.29, 0.717) is 11.3 Å². The number of benzene rings is 1.